The Hall–Kier alpha value is -2.85. The normalized spacial score (nSPS) is 15.9. The molecule has 1 atom stereocenters. The predicted octanol–water partition coefficient (Wildman–Crippen LogP) is 4.64. The van der Waals surface area contributed by atoms with Gasteiger partial charge in [0.2, 0.25) is 0 Å². The second-order valence-corrected chi connectivity index (χ2v) is 6.11. The lowest BCUT2D eigenvalue weighted by Crippen LogP contribution is -2.28. The molecule has 0 saturated carbocycles. The van der Waals surface area contributed by atoms with Gasteiger partial charge in [0.25, 0.3) is 0 Å². The van der Waals surface area contributed by atoms with Crippen molar-refractivity contribution in [2.45, 2.75) is 12.6 Å². The van der Waals surface area contributed by atoms with Gasteiger partial charge in [-0.15, -0.1) is 0 Å². The van der Waals surface area contributed by atoms with E-state index in [4.69, 9.17) is 10.5 Å². The first-order valence-corrected chi connectivity index (χ1v) is 8.33. The Kier molecular flexibility index (Phi) is 4.12. The van der Waals surface area contributed by atoms with Crippen LogP contribution < -0.4 is 15.4 Å². The fraction of sp³-hybridized carbons (Fsp3) is 0.143. The Labute approximate surface area is 146 Å². The van der Waals surface area contributed by atoms with Gasteiger partial charge in [-0.3, -0.25) is 0 Å². The van der Waals surface area contributed by atoms with Gasteiger partial charge in [-0.25, -0.2) is 4.39 Å². The quantitative estimate of drug-likeness (QED) is 0.755. The van der Waals surface area contributed by atoms with E-state index in [1.165, 1.54) is 6.07 Å². The number of ether oxygens (including phenoxy) is 1. The van der Waals surface area contributed by atoms with Crippen molar-refractivity contribution in [3.8, 4) is 11.5 Å². The molecule has 2 N–H and O–H groups in total. The van der Waals surface area contributed by atoms with Crippen LogP contribution >= 0.6 is 0 Å². The third-order valence-corrected chi connectivity index (χ3v) is 4.56. The van der Waals surface area contributed by atoms with Gasteiger partial charge in [0, 0.05) is 13.1 Å². The van der Waals surface area contributed by atoms with Crippen LogP contribution in [-0.4, -0.2) is 6.54 Å². The van der Waals surface area contributed by atoms with Crippen LogP contribution in [-0.2, 0) is 6.54 Å². The highest BCUT2D eigenvalue weighted by atomic mass is 19.1. The predicted molar refractivity (Wildman–Crippen MR) is 97.3 cm³/mol. The number of nitrogens with two attached hydrogens (primary N) is 1. The van der Waals surface area contributed by atoms with E-state index in [0.29, 0.717) is 18.8 Å². The van der Waals surface area contributed by atoms with Gasteiger partial charge in [-0.2, -0.15) is 0 Å². The van der Waals surface area contributed by atoms with Crippen LogP contribution in [0.5, 0.6) is 11.5 Å². The molecule has 25 heavy (non-hydrogen) atoms. The Balaban J connectivity index is 1.66. The highest BCUT2D eigenvalue weighted by molar-refractivity contribution is 5.57. The largest absolute Gasteiger partial charge is 0.457 e. The van der Waals surface area contributed by atoms with E-state index in [0.717, 1.165) is 22.6 Å². The molecule has 1 aliphatic rings. The monoisotopic (exact) mass is 334 g/mol. The van der Waals surface area contributed by atoms with Crippen LogP contribution in [0.1, 0.15) is 17.2 Å². The zero-order chi connectivity index (χ0) is 17.2. The Morgan fingerprint density at radius 2 is 1.72 bits per heavy atom. The molecular weight excluding hydrogens is 315 g/mol. The molecule has 0 saturated heterocycles. The van der Waals surface area contributed by atoms with Crippen molar-refractivity contribution < 1.29 is 9.13 Å². The highest BCUT2D eigenvalue weighted by Crippen LogP contribution is 2.40. The molecular formula is C21H19FN2O. The molecule has 0 bridgehead atoms. The van der Waals surface area contributed by atoms with E-state index in [-0.39, 0.29) is 11.9 Å². The summed E-state index contributed by atoms with van der Waals surface area (Å²) in [6.07, 6.45) is 0. The summed E-state index contributed by atoms with van der Waals surface area (Å²) in [6.45, 7) is 1.06. The third kappa shape index (κ3) is 2.96. The maximum Gasteiger partial charge on any atom is 0.146 e. The lowest BCUT2D eigenvalue weighted by atomic mass is 10.0. The summed E-state index contributed by atoms with van der Waals surface area (Å²) in [7, 11) is 0. The first kappa shape index (κ1) is 15.7. The number of para-hydroxylation sites is 2. The topological polar surface area (TPSA) is 38.5 Å². The molecule has 4 heteroatoms. The molecule has 1 unspecified atom stereocenters. The third-order valence-electron chi connectivity index (χ3n) is 4.56. The Bertz CT molecular complexity index is 882. The molecule has 1 heterocycles. The number of hydrogen-bond acceptors (Lipinski definition) is 3. The molecule has 3 aromatic rings. The fourth-order valence-corrected chi connectivity index (χ4v) is 3.37. The smallest absolute Gasteiger partial charge is 0.146 e. The molecule has 1 aliphatic heterocycles. The molecule has 3 nitrogen and oxygen atoms in total. The maximum atomic E-state index is 14.2. The van der Waals surface area contributed by atoms with Crippen LogP contribution in [0, 0.1) is 5.82 Å². The van der Waals surface area contributed by atoms with E-state index in [9.17, 15) is 4.39 Å². The Morgan fingerprint density at radius 1 is 0.960 bits per heavy atom. The summed E-state index contributed by atoms with van der Waals surface area (Å²) < 4.78 is 20.2. The van der Waals surface area contributed by atoms with Gasteiger partial charge in [0.15, 0.2) is 0 Å². The standard InChI is InChI=1S/C21H19FN2O/c22-19-8-4-5-9-20(19)24-14-15-10-11-17(12-18(15)21(24)13-23)25-16-6-2-1-3-7-16/h1-12,21H,13-14,23H2. The second-order valence-electron chi connectivity index (χ2n) is 6.11. The summed E-state index contributed by atoms with van der Waals surface area (Å²) in [5, 5.41) is 0. The lowest BCUT2D eigenvalue weighted by Gasteiger charge is -2.26. The second kappa shape index (κ2) is 6.57. The minimum absolute atomic E-state index is 0.0637. The number of halogens is 1. The van der Waals surface area contributed by atoms with Crippen molar-refractivity contribution in [3.05, 3.63) is 89.7 Å². The summed E-state index contributed by atoms with van der Waals surface area (Å²) in [5.41, 5.74) is 8.86. The Morgan fingerprint density at radius 3 is 2.48 bits per heavy atom. The molecule has 126 valence electrons. The number of hydrogen-bond donors (Lipinski definition) is 1. The van der Waals surface area contributed by atoms with Crippen molar-refractivity contribution >= 4 is 5.69 Å². The van der Waals surface area contributed by atoms with E-state index in [1.54, 1.807) is 12.1 Å². The van der Waals surface area contributed by atoms with Gasteiger partial charge < -0.3 is 15.4 Å². The van der Waals surface area contributed by atoms with Gasteiger partial charge in [-0.1, -0.05) is 36.4 Å². The number of anilines is 1. The molecule has 4 rings (SSSR count). The van der Waals surface area contributed by atoms with E-state index >= 15 is 0 Å². The first-order chi connectivity index (χ1) is 12.3. The molecule has 0 amide bonds. The molecule has 0 fully saturated rings. The minimum Gasteiger partial charge on any atom is -0.457 e. The maximum absolute atomic E-state index is 14.2. The van der Waals surface area contributed by atoms with Crippen molar-refractivity contribution in [3.63, 3.8) is 0 Å². The molecule has 0 radical (unpaired) electrons. The molecule has 3 aromatic carbocycles. The number of fused-ring (bicyclic) bond motifs is 1. The van der Waals surface area contributed by atoms with Crippen molar-refractivity contribution in [2.75, 3.05) is 11.4 Å². The summed E-state index contributed by atoms with van der Waals surface area (Å²) >= 11 is 0. The molecule has 0 aromatic heterocycles. The fourth-order valence-electron chi connectivity index (χ4n) is 3.37. The number of benzene rings is 3. The van der Waals surface area contributed by atoms with E-state index < -0.39 is 0 Å². The van der Waals surface area contributed by atoms with Gasteiger partial charge in [-0.05, 0) is 47.5 Å². The first-order valence-electron chi connectivity index (χ1n) is 8.33. The van der Waals surface area contributed by atoms with Crippen molar-refractivity contribution in [1.29, 1.82) is 0 Å². The van der Waals surface area contributed by atoms with Crippen LogP contribution in [0.15, 0.2) is 72.8 Å². The van der Waals surface area contributed by atoms with Gasteiger partial charge in [0.1, 0.15) is 17.3 Å². The average molecular weight is 334 g/mol. The summed E-state index contributed by atoms with van der Waals surface area (Å²) in [5.74, 6) is 1.32. The average Bonchev–Trinajstić information content (AvgIpc) is 3.00. The summed E-state index contributed by atoms with van der Waals surface area (Å²) in [4.78, 5) is 2.02. The zero-order valence-electron chi connectivity index (χ0n) is 13.7. The highest BCUT2D eigenvalue weighted by Gasteiger charge is 2.31. The minimum atomic E-state index is -0.227. The van der Waals surface area contributed by atoms with Crippen molar-refractivity contribution in [1.82, 2.24) is 0 Å². The van der Waals surface area contributed by atoms with E-state index in [1.807, 2.05) is 59.5 Å². The van der Waals surface area contributed by atoms with Gasteiger partial charge >= 0.3 is 0 Å². The van der Waals surface area contributed by atoms with Crippen LogP contribution in [0.2, 0.25) is 0 Å². The number of rotatable bonds is 4. The van der Waals surface area contributed by atoms with Crippen molar-refractivity contribution in [2.24, 2.45) is 5.73 Å². The van der Waals surface area contributed by atoms with Crippen LogP contribution in [0.3, 0.4) is 0 Å². The van der Waals surface area contributed by atoms with Crippen LogP contribution in [0.4, 0.5) is 10.1 Å². The van der Waals surface area contributed by atoms with Gasteiger partial charge in [0.05, 0.1) is 11.7 Å². The summed E-state index contributed by atoms with van der Waals surface area (Å²) in [6, 6.07) is 22.4. The lowest BCUT2D eigenvalue weighted by molar-refractivity contribution is 0.481. The number of nitrogens with zero attached hydrogens (tertiary/aromatic N) is 1. The van der Waals surface area contributed by atoms with Crippen LogP contribution in [0.25, 0.3) is 0 Å². The molecule has 0 spiro atoms. The molecule has 0 aliphatic carbocycles. The zero-order valence-corrected chi connectivity index (χ0v) is 13.7. The SMILES string of the molecule is NCC1c2cc(Oc3ccccc3)ccc2CN1c1ccccc1F. The van der Waals surface area contributed by atoms with E-state index in [2.05, 4.69) is 0 Å².